The van der Waals surface area contributed by atoms with Crippen molar-refractivity contribution in [2.75, 3.05) is 12.0 Å². The molecule has 3 unspecified atom stereocenters. The number of non-ortho nitro benzene ring substituents is 1. The van der Waals surface area contributed by atoms with Gasteiger partial charge in [0.1, 0.15) is 24.6 Å². The number of nitro benzene ring substituents is 1. The van der Waals surface area contributed by atoms with Gasteiger partial charge in [-0.25, -0.2) is 4.79 Å². The molecule has 14 heteroatoms. The molecule has 0 radical (unpaired) electrons. The fourth-order valence-corrected chi connectivity index (χ4v) is 4.84. The summed E-state index contributed by atoms with van der Waals surface area (Å²) in [5.41, 5.74) is 2.17. The number of H-pyrrole nitrogens is 1. The van der Waals surface area contributed by atoms with Gasteiger partial charge in [0.25, 0.3) is 11.2 Å². The number of hydrogen-bond donors (Lipinski definition) is 2. The van der Waals surface area contributed by atoms with Crippen LogP contribution in [0, 0.1) is 22.2 Å². The third-order valence-electron chi connectivity index (χ3n) is 6.59. The van der Waals surface area contributed by atoms with Crippen LogP contribution in [-0.2, 0) is 9.16 Å². The van der Waals surface area contributed by atoms with E-state index in [1.54, 1.807) is 6.92 Å². The van der Waals surface area contributed by atoms with Gasteiger partial charge >= 0.3 is 5.69 Å². The van der Waals surface area contributed by atoms with Crippen LogP contribution in [0.1, 0.15) is 39.0 Å². The summed E-state index contributed by atoms with van der Waals surface area (Å²) < 4.78 is 14.0. The van der Waals surface area contributed by atoms with E-state index in [9.17, 15) is 24.9 Å². The highest BCUT2D eigenvalue weighted by Gasteiger charge is 2.46. The second-order valence-corrected chi connectivity index (χ2v) is 15.1. The predicted octanol–water partition coefficient (Wildman–Crippen LogP) is 3.42. The molecule has 1 fully saturated rings. The lowest BCUT2D eigenvalue weighted by atomic mass is 10.2. The third kappa shape index (κ3) is 6.25. The van der Waals surface area contributed by atoms with E-state index in [1.807, 2.05) is 0 Å². The molecule has 1 aliphatic rings. The minimum atomic E-state index is -2.26. The van der Waals surface area contributed by atoms with Gasteiger partial charge in [0.2, 0.25) is 0 Å². The monoisotopic (exact) mass is 520 g/mol. The van der Waals surface area contributed by atoms with Gasteiger partial charge in [-0.05, 0) is 37.2 Å². The van der Waals surface area contributed by atoms with Gasteiger partial charge in [-0.2, -0.15) is 4.86 Å². The smallest absolute Gasteiger partial charge is 0.330 e. The van der Waals surface area contributed by atoms with Crippen molar-refractivity contribution < 1.29 is 18.9 Å². The molecule has 3 rings (SSSR count). The molecule has 1 aromatic carbocycles. The van der Waals surface area contributed by atoms with E-state index >= 15 is 0 Å². The summed E-state index contributed by atoms with van der Waals surface area (Å²) in [4.78, 5) is 37.2. The maximum absolute atomic E-state index is 12.6. The molecule has 1 aromatic heterocycles. The van der Waals surface area contributed by atoms with Gasteiger partial charge in [0, 0.05) is 30.3 Å². The Balaban J connectivity index is 1.81. The largest absolute Gasteiger partial charge is 0.696 e. The van der Waals surface area contributed by atoms with Gasteiger partial charge in [-0.1, -0.05) is 20.8 Å². The number of hydroxylamine groups is 1. The first kappa shape index (κ1) is 27.2. The molecule has 3 atom stereocenters. The first-order valence-corrected chi connectivity index (χ1v) is 14.4. The summed E-state index contributed by atoms with van der Waals surface area (Å²) in [5.74, 6) is 0. The first-order chi connectivity index (χ1) is 16.7. The number of ether oxygens (including phenoxy) is 1. The van der Waals surface area contributed by atoms with Crippen LogP contribution in [-0.4, -0.2) is 46.4 Å². The lowest BCUT2D eigenvalue weighted by Crippen LogP contribution is -2.47. The molecule has 0 spiro atoms. The molecule has 2 aromatic rings. The van der Waals surface area contributed by atoms with Crippen LogP contribution in [0.3, 0.4) is 0 Å². The molecular weight excluding hydrogens is 488 g/mol. The van der Waals surface area contributed by atoms with Crippen LogP contribution in [0.25, 0.3) is 0 Å². The number of nitrogens with one attached hydrogen (secondary N) is 2. The zero-order valence-electron chi connectivity index (χ0n) is 21.2. The molecule has 0 bridgehead atoms. The number of nitro groups is 1. The van der Waals surface area contributed by atoms with E-state index in [1.165, 1.54) is 35.0 Å². The summed E-state index contributed by atoms with van der Waals surface area (Å²) in [5, 5.41) is 27.1. The second-order valence-electron chi connectivity index (χ2n) is 10.3. The number of aromatic nitrogens is 2. The molecule has 13 nitrogen and oxygen atoms in total. The van der Waals surface area contributed by atoms with E-state index in [0.717, 1.165) is 0 Å². The zero-order chi connectivity index (χ0) is 26.8. The van der Waals surface area contributed by atoms with Crippen molar-refractivity contribution in [2.45, 2.75) is 70.7 Å². The number of anilines is 1. The number of benzene rings is 1. The summed E-state index contributed by atoms with van der Waals surface area (Å²) in [6, 6.07) is 5.47. The van der Waals surface area contributed by atoms with Gasteiger partial charge in [-0.15, -0.1) is 5.43 Å². The first-order valence-electron chi connectivity index (χ1n) is 11.5. The highest BCUT2D eigenvalue weighted by molar-refractivity contribution is 6.74. The van der Waals surface area contributed by atoms with E-state index < -0.39 is 42.9 Å². The average Bonchev–Trinajstić information content (AvgIpc) is 3.15. The number of nitrogens with zero attached hydrogens (tertiary/aromatic N) is 4. The lowest BCUT2D eigenvalue weighted by molar-refractivity contribution is -0.538. The van der Waals surface area contributed by atoms with Crippen LogP contribution < -0.4 is 16.7 Å². The standard InChI is InChI=1S/C22H32N6O7Si/c1-14-12-26(21(30)23-20(14)29)19-11-17(35-36(5,6)22(2,3)4)18(34-19)13-27(31)25-24-15-7-9-16(10-8-15)28(32)33/h7-10,12,17-19,24H,11,13H2,1-6H3,(H,23,29,30). The highest BCUT2D eigenvalue weighted by Crippen LogP contribution is 2.41. The molecule has 1 saturated heterocycles. The van der Waals surface area contributed by atoms with Gasteiger partial charge in [0.15, 0.2) is 8.32 Å². The summed E-state index contributed by atoms with van der Waals surface area (Å²) in [7, 11) is -2.26. The molecule has 2 heterocycles. The van der Waals surface area contributed by atoms with E-state index in [-0.39, 0.29) is 17.3 Å². The Kier molecular flexibility index (Phi) is 7.81. The Hall–Kier alpha value is -3.36. The van der Waals surface area contributed by atoms with Gasteiger partial charge < -0.3 is 14.4 Å². The van der Waals surface area contributed by atoms with E-state index in [2.05, 4.69) is 49.5 Å². The van der Waals surface area contributed by atoms with Crippen molar-refractivity contribution >= 4 is 19.7 Å². The Bertz CT molecular complexity index is 1250. The van der Waals surface area contributed by atoms with Crippen molar-refractivity contribution in [1.82, 2.24) is 9.55 Å². The molecule has 2 N–H and O–H groups in total. The molecular formula is C22H32N6O7Si. The van der Waals surface area contributed by atoms with Crippen molar-refractivity contribution in [2.24, 2.45) is 5.22 Å². The fraction of sp³-hybridized carbons (Fsp3) is 0.545. The minimum Gasteiger partial charge on any atom is -0.696 e. The quantitative estimate of drug-likeness (QED) is 0.175. The van der Waals surface area contributed by atoms with Gasteiger partial charge in [-0.3, -0.25) is 24.5 Å². The molecule has 196 valence electrons. The zero-order valence-corrected chi connectivity index (χ0v) is 22.2. The summed E-state index contributed by atoms with van der Waals surface area (Å²) in [6.07, 6.45) is -0.174. The number of aryl methyl sites for hydroxylation is 1. The van der Waals surface area contributed by atoms with Crippen molar-refractivity contribution in [1.29, 1.82) is 0 Å². The van der Waals surface area contributed by atoms with Crippen LogP contribution >= 0.6 is 0 Å². The normalized spacial score (nSPS) is 20.9. The topological polar surface area (TPSA) is 167 Å². The number of aromatic amines is 1. The van der Waals surface area contributed by atoms with E-state index in [0.29, 0.717) is 22.5 Å². The highest BCUT2D eigenvalue weighted by atomic mass is 28.4. The maximum Gasteiger partial charge on any atom is 0.330 e. The number of hydrogen-bond acceptors (Lipinski definition) is 8. The van der Waals surface area contributed by atoms with E-state index in [4.69, 9.17) is 9.16 Å². The molecule has 0 aliphatic carbocycles. The second kappa shape index (κ2) is 10.3. The predicted molar refractivity (Wildman–Crippen MR) is 134 cm³/mol. The summed E-state index contributed by atoms with van der Waals surface area (Å²) >= 11 is 0. The fourth-order valence-electron chi connectivity index (χ4n) is 3.48. The molecule has 1 aliphatic heterocycles. The average molecular weight is 521 g/mol. The Morgan fingerprint density at radius 1 is 1.25 bits per heavy atom. The van der Waals surface area contributed by atoms with Crippen molar-refractivity contribution in [3.8, 4) is 0 Å². The summed E-state index contributed by atoms with van der Waals surface area (Å²) in [6.45, 7) is 11.9. The van der Waals surface area contributed by atoms with Crippen LogP contribution in [0.2, 0.25) is 18.1 Å². The van der Waals surface area contributed by atoms with Crippen LogP contribution in [0.4, 0.5) is 11.4 Å². The Labute approximate surface area is 208 Å². The van der Waals surface area contributed by atoms with Gasteiger partial charge in [0.05, 0.1) is 16.3 Å². The van der Waals surface area contributed by atoms with Crippen LogP contribution in [0.15, 0.2) is 45.3 Å². The van der Waals surface area contributed by atoms with Crippen molar-refractivity contribution in [3.05, 3.63) is 72.2 Å². The Morgan fingerprint density at radius 3 is 2.47 bits per heavy atom. The molecule has 36 heavy (non-hydrogen) atoms. The third-order valence-corrected chi connectivity index (χ3v) is 11.1. The maximum atomic E-state index is 12.6. The Morgan fingerprint density at radius 2 is 1.89 bits per heavy atom. The van der Waals surface area contributed by atoms with Crippen molar-refractivity contribution in [3.63, 3.8) is 0 Å². The molecule has 0 amide bonds. The minimum absolute atomic E-state index is 0.0803. The number of rotatable bonds is 8. The SMILES string of the molecule is Cc1cn(C2CC(O[Si](C)(C)C(C)(C)C)C(C[N+]([O-])=NNc3ccc([N+](=O)[O-])cc3)O2)c(=O)[nH]c1=O. The van der Waals surface area contributed by atoms with Crippen LogP contribution in [0.5, 0.6) is 0 Å². The lowest BCUT2D eigenvalue weighted by Gasteiger charge is -2.39. The molecule has 0 saturated carbocycles.